The molecule has 198 valence electrons. The van der Waals surface area contributed by atoms with Gasteiger partial charge in [-0.15, -0.1) is 0 Å². The molecule has 2 aliphatic rings. The lowest BCUT2D eigenvalue weighted by Gasteiger charge is -2.28. The Morgan fingerprint density at radius 3 is 2.58 bits per heavy atom. The molecule has 2 fully saturated rings. The number of halogens is 2. The van der Waals surface area contributed by atoms with E-state index in [-0.39, 0.29) is 37.2 Å². The summed E-state index contributed by atoms with van der Waals surface area (Å²) in [5.74, 6) is 0.253. The minimum absolute atomic E-state index is 0.0666. The maximum absolute atomic E-state index is 14.9. The number of rotatable bonds is 8. The van der Waals surface area contributed by atoms with Crippen molar-refractivity contribution in [1.29, 1.82) is 0 Å². The smallest absolute Gasteiger partial charge is 0.243 e. The van der Waals surface area contributed by atoms with Crippen LogP contribution >= 0.6 is 0 Å². The standard InChI is InChI=1S/C29H31F2N5O2/c1-18-32-13-12-26(33-18)35(2)17-27(37)36-16-22(30)15-25(36)29(38)34-28(20-6-4-3-5-7-20)21-10-11-23(19-8-9-19)24(31)14-21/h3-7,10-14,19,22,25,28H,8-9,15-17H2,1-2H3,(H,34,38). The van der Waals surface area contributed by atoms with Crippen LogP contribution in [0.2, 0.25) is 0 Å². The maximum Gasteiger partial charge on any atom is 0.243 e. The van der Waals surface area contributed by atoms with Gasteiger partial charge in [-0.25, -0.2) is 18.7 Å². The second-order valence-electron chi connectivity index (χ2n) is 10.1. The molecule has 7 nitrogen and oxygen atoms in total. The summed E-state index contributed by atoms with van der Waals surface area (Å²) in [4.78, 5) is 38.1. The van der Waals surface area contributed by atoms with E-state index in [1.165, 1.54) is 11.0 Å². The van der Waals surface area contributed by atoms with Crippen LogP contribution < -0.4 is 10.2 Å². The molecular weight excluding hydrogens is 488 g/mol. The second kappa shape index (κ2) is 10.8. The Labute approximate surface area is 220 Å². The Morgan fingerprint density at radius 1 is 1.13 bits per heavy atom. The molecular formula is C29H31F2N5O2. The van der Waals surface area contributed by atoms with Gasteiger partial charge in [0.05, 0.1) is 19.1 Å². The number of benzene rings is 2. The van der Waals surface area contributed by atoms with E-state index in [1.54, 1.807) is 37.2 Å². The van der Waals surface area contributed by atoms with Gasteiger partial charge in [-0.3, -0.25) is 9.59 Å². The van der Waals surface area contributed by atoms with E-state index in [0.29, 0.717) is 22.8 Å². The van der Waals surface area contributed by atoms with Crippen molar-refractivity contribution in [2.45, 2.75) is 50.4 Å². The zero-order chi connectivity index (χ0) is 26.8. The lowest BCUT2D eigenvalue weighted by molar-refractivity contribution is -0.137. The molecule has 1 aliphatic heterocycles. The first-order valence-electron chi connectivity index (χ1n) is 12.9. The summed E-state index contributed by atoms with van der Waals surface area (Å²) < 4.78 is 29.5. The monoisotopic (exact) mass is 519 g/mol. The summed E-state index contributed by atoms with van der Waals surface area (Å²) in [6.45, 7) is 1.53. The van der Waals surface area contributed by atoms with E-state index < -0.39 is 24.2 Å². The summed E-state index contributed by atoms with van der Waals surface area (Å²) >= 11 is 0. The van der Waals surface area contributed by atoms with Crippen LogP contribution in [-0.4, -0.2) is 59.0 Å². The van der Waals surface area contributed by atoms with Crippen LogP contribution in [0.3, 0.4) is 0 Å². The predicted octanol–water partition coefficient (Wildman–Crippen LogP) is 4.08. The third-order valence-corrected chi connectivity index (χ3v) is 7.19. The number of alkyl halides is 1. The third-order valence-electron chi connectivity index (χ3n) is 7.19. The van der Waals surface area contributed by atoms with Gasteiger partial charge < -0.3 is 15.1 Å². The number of nitrogens with zero attached hydrogens (tertiary/aromatic N) is 4. The van der Waals surface area contributed by atoms with Gasteiger partial charge in [0, 0.05) is 19.7 Å². The molecule has 2 amide bonds. The molecule has 2 aromatic carbocycles. The lowest BCUT2D eigenvalue weighted by Crippen LogP contribution is -2.49. The Balaban J connectivity index is 1.35. The number of carbonyl (C=O) groups is 2. The number of nitrogens with one attached hydrogen (secondary N) is 1. The van der Waals surface area contributed by atoms with Gasteiger partial charge in [0.25, 0.3) is 0 Å². The molecule has 0 spiro atoms. The van der Waals surface area contributed by atoms with Crippen LogP contribution in [0.25, 0.3) is 0 Å². The number of likely N-dealkylation sites (N-methyl/N-ethyl adjacent to an activating group) is 1. The zero-order valence-electron chi connectivity index (χ0n) is 21.5. The van der Waals surface area contributed by atoms with Crippen molar-refractivity contribution in [3.63, 3.8) is 0 Å². The van der Waals surface area contributed by atoms with Crippen LogP contribution in [0.15, 0.2) is 60.8 Å². The van der Waals surface area contributed by atoms with Gasteiger partial charge >= 0.3 is 0 Å². The highest BCUT2D eigenvalue weighted by atomic mass is 19.1. The van der Waals surface area contributed by atoms with Gasteiger partial charge in [0.15, 0.2) is 0 Å². The molecule has 9 heteroatoms. The van der Waals surface area contributed by atoms with Crippen molar-refractivity contribution in [3.05, 3.63) is 89.1 Å². The molecule has 2 heterocycles. The number of aromatic nitrogens is 2. The number of likely N-dealkylation sites (tertiary alicyclic amines) is 1. The second-order valence-corrected chi connectivity index (χ2v) is 10.1. The molecule has 5 rings (SSSR count). The van der Waals surface area contributed by atoms with E-state index in [4.69, 9.17) is 0 Å². The maximum atomic E-state index is 14.9. The highest BCUT2D eigenvalue weighted by molar-refractivity contribution is 5.90. The van der Waals surface area contributed by atoms with Crippen molar-refractivity contribution in [2.24, 2.45) is 0 Å². The molecule has 38 heavy (non-hydrogen) atoms. The Kier molecular flexibility index (Phi) is 7.35. The topological polar surface area (TPSA) is 78.4 Å². The molecule has 3 atom stereocenters. The van der Waals surface area contributed by atoms with Gasteiger partial charge in [-0.05, 0) is 54.5 Å². The molecule has 0 radical (unpaired) electrons. The quantitative estimate of drug-likeness (QED) is 0.485. The average Bonchev–Trinajstić information content (AvgIpc) is 3.67. The minimum Gasteiger partial charge on any atom is -0.350 e. The van der Waals surface area contributed by atoms with Crippen molar-refractivity contribution in [3.8, 4) is 0 Å². The molecule has 1 saturated carbocycles. The fraction of sp³-hybridized carbons (Fsp3) is 0.379. The van der Waals surface area contributed by atoms with Crippen LogP contribution in [0, 0.1) is 12.7 Å². The lowest BCUT2D eigenvalue weighted by atomic mass is 9.96. The summed E-state index contributed by atoms with van der Waals surface area (Å²) in [5.41, 5.74) is 2.06. The third kappa shape index (κ3) is 5.66. The van der Waals surface area contributed by atoms with Gasteiger partial charge in [0.2, 0.25) is 11.8 Å². The van der Waals surface area contributed by atoms with E-state index in [9.17, 15) is 18.4 Å². The number of hydrogen-bond donors (Lipinski definition) is 1. The number of hydrogen-bond acceptors (Lipinski definition) is 5. The van der Waals surface area contributed by atoms with E-state index in [1.807, 2.05) is 36.4 Å². The highest BCUT2D eigenvalue weighted by Gasteiger charge is 2.41. The summed E-state index contributed by atoms with van der Waals surface area (Å²) in [7, 11) is 1.71. The first kappa shape index (κ1) is 25.8. The number of amides is 2. The van der Waals surface area contributed by atoms with Crippen molar-refractivity contribution in [1.82, 2.24) is 20.2 Å². The van der Waals surface area contributed by atoms with E-state index in [0.717, 1.165) is 18.4 Å². The van der Waals surface area contributed by atoms with Crippen LogP contribution in [0.4, 0.5) is 14.6 Å². The zero-order valence-corrected chi connectivity index (χ0v) is 21.5. The fourth-order valence-electron chi connectivity index (χ4n) is 5.03. The van der Waals surface area contributed by atoms with Crippen molar-refractivity contribution < 1.29 is 18.4 Å². The predicted molar refractivity (Wildman–Crippen MR) is 140 cm³/mol. The molecule has 1 saturated heterocycles. The van der Waals surface area contributed by atoms with Crippen molar-refractivity contribution in [2.75, 3.05) is 25.0 Å². The van der Waals surface area contributed by atoms with Gasteiger partial charge in [0.1, 0.15) is 29.7 Å². The SMILES string of the molecule is Cc1nccc(N(C)CC(=O)N2CC(F)CC2C(=O)NC(c2ccccc2)c2ccc(C3CC3)c(F)c2)n1. The normalized spacial score (nSPS) is 19.7. The average molecular weight is 520 g/mol. The first-order valence-corrected chi connectivity index (χ1v) is 12.9. The van der Waals surface area contributed by atoms with Crippen LogP contribution in [0.5, 0.6) is 0 Å². The molecule has 0 bridgehead atoms. The van der Waals surface area contributed by atoms with Gasteiger partial charge in [-0.1, -0.05) is 42.5 Å². The minimum atomic E-state index is -1.31. The molecule has 1 aromatic heterocycles. The van der Waals surface area contributed by atoms with E-state index >= 15 is 0 Å². The van der Waals surface area contributed by atoms with Gasteiger partial charge in [-0.2, -0.15) is 0 Å². The fourth-order valence-corrected chi connectivity index (χ4v) is 5.03. The number of anilines is 1. The molecule has 3 unspecified atom stereocenters. The largest absolute Gasteiger partial charge is 0.350 e. The highest BCUT2D eigenvalue weighted by Crippen LogP contribution is 2.42. The van der Waals surface area contributed by atoms with E-state index in [2.05, 4.69) is 15.3 Å². The van der Waals surface area contributed by atoms with Crippen molar-refractivity contribution >= 4 is 17.6 Å². The summed E-state index contributed by atoms with van der Waals surface area (Å²) in [6.07, 6.45) is 2.16. The Hall–Kier alpha value is -3.88. The van der Waals surface area contributed by atoms with Crippen LogP contribution in [0.1, 0.15) is 53.7 Å². The number of aryl methyl sites for hydroxylation is 1. The Bertz CT molecular complexity index is 1320. The van der Waals surface area contributed by atoms with Crippen LogP contribution in [-0.2, 0) is 9.59 Å². The Morgan fingerprint density at radius 2 is 1.89 bits per heavy atom. The molecule has 3 aromatic rings. The first-order chi connectivity index (χ1) is 18.3. The molecule has 1 aliphatic carbocycles. The number of carbonyl (C=O) groups excluding carboxylic acids is 2. The summed E-state index contributed by atoms with van der Waals surface area (Å²) in [6, 6.07) is 14.4. The summed E-state index contributed by atoms with van der Waals surface area (Å²) in [5, 5.41) is 2.98. The molecule has 1 N–H and O–H groups in total.